The number of rotatable bonds is 6. The lowest BCUT2D eigenvalue weighted by molar-refractivity contribution is -0.217. The van der Waals surface area contributed by atoms with Crippen molar-refractivity contribution in [1.82, 2.24) is 5.06 Å². The average molecular weight is 217 g/mol. The van der Waals surface area contributed by atoms with E-state index in [1.54, 1.807) is 6.92 Å². The lowest BCUT2D eigenvalue weighted by Gasteiger charge is -2.27. The Morgan fingerprint density at radius 3 is 2.40 bits per heavy atom. The summed E-state index contributed by atoms with van der Waals surface area (Å²) in [4.78, 5) is 26.4. The molecule has 1 unspecified atom stereocenters. The van der Waals surface area contributed by atoms with Gasteiger partial charge in [-0.15, -0.1) is 0 Å². The molecule has 0 fully saturated rings. The Morgan fingerprint density at radius 2 is 2.07 bits per heavy atom. The molecule has 0 aliphatic heterocycles. The number of carbonyl (C=O) groups is 2. The molecule has 1 amide bonds. The number of carboxylic acids is 1. The van der Waals surface area contributed by atoms with Crippen molar-refractivity contribution in [2.45, 2.75) is 39.7 Å². The molecular weight excluding hydrogens is 198 g/mol. The van der Waals surface area contributed by atoms with Gasteiger partial charge < -0.3 is 5.11 Å². The Morgan fingerprint density at radius 1 is 1.53 bits per heavy atom. The maximum absolute atomic E-state index is 10.6. The van der Waals surface area contributed by atoms with Crippen LogP contribution in [0.4, 0.5) is 0 Å². The summed E-state index contributed by atoms with van der Waals surface area (Å²) < 4.78 is 0. The predicted octanol–water partition coefficient (Wildman–Crippen LogP) is 1.29. The lowest BCUT2D eigenvalue weighted by Crippen LogP contribution is -2.34. The van der Waals surface area contributed by atoms with Crippen LogP contribution in [0.15, 0.2) is 0 Å². The van der Waals surface area contributed by atoms with Crippen LogP contribution in [-0.4, -0.2) is 34.7 Å². The maximum Gasteiger partial charge on any atom is 0.306 e. The number of carboxylic acid groups (broad SMARTS) is 1. The minimum absolute atomic E-state index is 0.286. The SMILES string of the molecule is CC(CCN(C=O)OC(C)(C)C)C(=O)O. The molecule has 0 saturated carbocycles. The highest BCUT2D eigenvalue weighted by atomic mass is 16.7. The Kier molecular flexibility index (Phi) is 5.28. The molecule has 0 aliphatic rings. The van der Waals surface area contributed by atoms with E-state index in [1.165, 1.54) is 0 Å². The predicted molar refractivity (Wildman–Crippen MR) is 55.0 cm³/mol. The second kappa shape index (κ2) is 5.70. The first-order chi connectivity index (χ1) is 6.76. The van der Waals surface area contributed by atoms with Gasteiger partial charge in [-0.2, -0.15) is 0 Å². The summed E-state index contributed by atoms with van der Waals surface area (Å²) >= 11 is 0. The van der Waals surface area contributed by atoms with Crippen LogP contribution in [0.3, 0.4) is 0 Å². The summed E-state index contributed by atoms with van der Waals surface area (Å²) in [6.45, 7) is 7.36. The van der Waals surface area contributed by atoms with Crippen molar-refractivity contribution in [3.05, 3.63) is 0 Å². The molecule has 0 aliphatic carbocycles. The van der Waals surface area contributed by atoms with E-state index in [0.717, 1.165) is 5.06 Å². The quantitative estimate of drug-likeness (QED) is 0.537. The van der Waals surface area contributed by atoms with Crippen molar-refractivity contribution in [2.24, 2.45) is 5.92 Å². The van der Waals surface area contributed by atoms with Crippen molar-refractivity contribution < 1.29 is 19.5 Å². The molecule has 0 aromatic carbocycles. The first kappa shape index (κ1) is 13.9. The Hall–Kier alpha value is -1.10. The van der Waals surface area contributed by atoms with Gasteiger partial charge in [0.15, 0.2) is 0 Å². The summed E-state index contributed by atoms with van der Waals surface area (Å²) in [5.74, 6) is -1.34. The largest absolute Gasteiger partial charge is 0.481 e. The fourth-order valence-corrected chi connectivity index (χ4v) is 0.916. The van der Waals surface area contributed by atoms with E-state index in [4.69, 9.17) is 9.94 Å². The molecule has 1 atom stereocenters. The van der Waals surface area contributed by atoms with Gasteiger partial charge in [0.05, 0.1) is 11.5 Å². The summed E-state index contributed by atoms with van der Waals surface area (Å²) in [7, 11) is 0. The van der Waals surface area contributed by atoms with E-state index in [2.05, 4.69) is 0 Å². The first-order valence-corrected chi connectivity index (χ1v) is 4.90. The van der Waals surface area contributed by atoms with E-state index in [1.807, 2.05) is 20.8 Å². The number of hydrogen-bond acceptors (Lipinski definition) is 3. The number of nitrogens with zero attached hydrogens (tertiary/aromatic N) is 1. The van der Waals surface area contributed by atoms with Gasteiger partial charge in [0.2, 0.25) is 6.41 Å². The third-order valence-corrected chi connectivity index (χ3v) is 1.71. The number of hydroxylamine groups is 2. The van der Waals surface area contributed by atoms with Gasteiger partial charge in [-0.05, 0) is 27.2 Å². The summed E-state index contributed by atoms with van der Waals surface area (Å²) in [6.07, 6.45) is 0.948. The second-order valence-electron chi connectivity index (χ2n) is 4.48. The van der Waals surface area contributed by atoms with Crippen molar-refractivity contribution in [3.63, 3.8) is 0 Å². The van der Waals surface area contributed by atoms with E-state index in [9.17, 15) is 9.59 Å². The fraction of sp³-hybridized carbons (Fsp3) is 0.800. The Labute approximate surface area is 90.0 Å². The maximum atomic E-state index is 10.6. The standard InChI is InChI=1S/C10H19NO4/c1-8(9(13)14)5-6-11(7-12)15-10(2,3)4/h7-8H,5-6H2,1-4H3,(H,13,14). The zero-order valence-corrected chi connectivity index (χ0v) is 9.69. The minimum Gasteiger partial charge on any atom is -0.481 e. The Bertz CT molecular complexity index is 222. The zero-order valence-electron chi connectivity index (χ0n) is 9.69. The van der Waals surface area contributed by atoms with Crippen molar-refractivity contribution in [3.8, 4) is 0 Å². The van der Waals surface area contributed by atoms with Gasteiger partial charge in [0.25, 0.3) is 0 Å². The molecule has 0 saturated heterocycles. The smallest absolute Gasteiger partial charge is 0.306 e. The summed E-state index contributed by atoms with van der Waals surface area (Å²) in [6, 6.07) is 0. The van der Waals surface area contributed by atoms with E-state index in [-0.39, 0.29) is 6.54 Å². The van der Waals surface area contributed by atoms with Gasteiger partial charge in [0, 0.05) is 6.54 Å². The third kappa shape index (κ3) is 6.90. The second-order valence-corrected chi connectivity index (χ2v) is 4.48. The van der Waals surface area contributed by atoms with Gasteiger partial charge in [0.1, 0.15) is 0 Å². The van der Waals surface area contributed by atoms with Crippen LogP contribution in [0.25, 0.3) is 0 Å². The molecule has 88 valence electrons. The molecule has 0 radical (unpaired) electrons. The van der Waals surface area contributed by atoms with E-state index < -0.39 is 17.5 Å². The van der Waals surface area contributed by atoms with Gasteiger partial charge in [-0.3, -0.25) is 14.4 Å². The van der Waals surface area contributed by atoms with Gasteiger partial charge in [-0.25, -0.2) is 5.06 Å². The molecule has 15 heavy (non-hydrogen) atoms. The number of aliphatic carboxylic acids is 1. The highest BCUT2D eigenvalue weighted by Crippen LogP contribution is 2.11. The molecular formula is C10H19NO4. The van der Waals surface area contributed by atoms with Crippen LogP contribution in [0.5, 0.6) is 0 Å². The van der Waals surface area contributed by atoms with Gasteiger partial charge >= 0.3 is 5.97 Å². The number of carbonyl (C=O) groups excluding carboxylic acids is 1. The third-order valence-electron chi connectivity index (χ3n) is 1.71. The molecule has 0 rings (SSSR count). The van der Waals surface area contributed by atoms with Crippen molar-refractivity contribution >= 4 is 12.4 Å². The fourth-order valence-electron chi connectivity index (χ4n) is 0.916. The highest BCUT2D eigenvalue weighted by molar-refractivity contribution is 5.69. The monoisotopic (exact) mass is 217 g/mol. The van der Waals surface area contributed by atoms with Crippen molar-refractivity contribution in [1.29, 1.82) is 0 Å². The average Bonchev–Trinajstić information content (AvgIpc) is 2.09. The van der Waals surface area contributed by atoms with Crippen LogP contribution >= 0.6 is 0 Å². The highest BCUT2D eigenvalue weighted by Gasteiger charge is 2.18. The Balaban J connectivity index is 4.01. The molecule has 0 aromatic heterocycles. The molecule has 0 heterocycles. The molecule has 0 aromatic rings. The number of hydrogen-bond donors (Lipinski definition) is 1. The normalized spacial score (nSPS) is 13.3. The lowest BCUT2D eigenvalue weighted by atomic mass is 10.1. The van der Waals surface area contributed by atoms with E-state index in [0.29, 0.717) is 12.8 Å². The number of amides is 1. The van der Waals surface area contributed by atoms with Crippen LogP contribution in [0.2, 0.25) is 0 Å². The summed E-state index contributed by atoms with van der Waals surface area (Å²) in [5.41, 5.74) is -0.451. The summed E-state index contributed by atoms with van der Waals surface area (Å²) in [5, 5.41) is 9.79. The molecule has 0 spiro atoms. The first-order valence-electron chi connectivity index (χ1n) is 4.90. The van der Waals surface area contributed by atoms with E-state index >= 15 is 0 Å². The molecule has 1 N–H and O–H groups in total. The molecule has 5 nitrogen and oxygen atoms in total. The van der Waals surface area contributed by atoms with Crippen LogP contribution in [0, 0.1) is 5.92 Å². The zero-order chi connectivity index (χ0) is 12.1. The molecule has 0 bridgehead atoms. The van der Waals surface area contributed by atoms with Gasteiger partial charge in [-0.1, -0.05) is 6.92 Å². The van der Waals surface area contributed by atoms with Crippen LogP contribution in [-0.2, 0) is 14.4 Å². The molecule has 5 heteroatoms. The minimum atomic E-state index is -0.864. The van der Waals surface area contributed by atoms with Crippen molar-refractivity contribution in [2.75, 3.05) is 6.54 Å². The van der Waals surface area contributed by atoms with Crippen LogP contribution < -0.4 is 0 Å². The topological polar surface area (TPSA) is 66.8 Å². The van der Waals surface area contributed by atoms with Crippen LogP contribution in [0.1, 0.15) is 34.1 Å².